The fourth-order valence-electron chi connectivity index (χ4n) is 1.78. The SMILES string of the molecule is CC(C)c1cc(C(N)=O)c(NC(=O)c2cccc(F)c2)s1. The lowest BCUT2D eigenvalue weighted by atomic mass is 10.1. The third-order valence-corrected chi connectivity index (χ3v) is 4.25. The minimum Gasteiger partial charge on any atom is -0.366 e. The maximum absolute atomic E-state index is 13.1. The molecule has 1 aromatic carbocycles. The van der Waals surface area contributed by atoms with Crippen molar-refractivity contribution in [3.63, 3.8) is 0 Å². The van der Waals surface area contributed by atoms with E-state index in [0.717, 1.165) is 10.9 Å². The number of halogens is 1. The molecular weight excluding hydrogens is 291 g/mol. The Hall–Kier alpha value is -2.21. The predicted octanol–water partition coefficient (Wildman–Crippen LogP) is 3.36. The highest BCUT2D eigenvalue weighted by molar-refractivity contribution is 7.16. The van der Waals surface area contributed by atoms with Gasteiger partial charge in [-0.15, -0.1) is 11.3 Å². The normalized spacial score (nSPS) is 10.7. The lowest BCUT2D eigenvalue weighted by Crippen LogP contribution is -2.16. The van der Waals surface area contributed by atoms with Crippen molar-refractivity contribution in [1.29, 1.82) is 0 Å². The molecule has 110 valence electrons. The van der Waals surface area contributed by atoms with E-state index in [1.165, 1.54) is 29.5 Å². The van der Waals surface area contributed by atoms with Crippen LogP contribution in [0.15, 0.2) is 30.3 Å². The lowest BCUT2D eigenvalue weighted by Gasteiger charge is -2.04. The first kappa shape index (κ1) is 15.2. The smallest absolute Gasteiger partial charge is 0.256 e. The van der Waals surface area contributed by atoms with Gasteiger partial charge in [0.25, 0.3) is 11.8 Å². The number of nitrogens with one attached hydrogen (secondary N) is 1. The number of nitrogens with two attached hydrogens (primary N) is 1. The van der Waals surface area contributed by atoms with Crippen LogP contribution in [0.25, 0.3) is 0 Å². The van der Waals surface area contributed by atoms with Gasteiger partial charge in [0.15, 0.2) is 0 Å². The van der Waals surface area contributed by atoms with Gasteiger partial charge in [0.1, 0.15) is 10.8 Å². The fourth-order valence-corrected chi connectivity index (χ4v) is 2.84. The number of hydrogen-bond donors (Lipinski definition) is 2. The molecule has 0 radical (unpaired) electrons. The van der Waals surface area contributed by atoms with Gasteiger partial charge in [0, 0.05) is 10.4 Å². The summed E-state index contributed by atoms with van der Waals surface area (Å²) < 4.78 is 13.1. The van der Waals surface area contributed by atoms with Crippen molar-refractivity contribution in [2.75, 3.05) is 5.32 Å². The Labute approximate surface area is 125 Å². The van der Waals surface area contributed by atoms with Crippen LogP contribution >= 0.6 is 11.3 Å². The molecule has 3 N–H and O–H groups in total. The molecule has 2 amide bonds. The van der Waals surface area contributed by atoms with Gasteiger partial charge < -0.3 is 11.1 Å². The molecule has 0 bridgehead atoms. The van der Waals surface area contributed by atoms with Crippen molar-refractivity contribution < 1.29 is 14.0 Å². The highest BCUT2D eigenvalue weighted by Gasteiger charge is 2.18. The molecule has 1 heterocycles. The lowest BCUT2D eigenvalue weighted by molar-refractivity contribution is 0.100. The summed E-state index contributed by atoms with van der Waals surface area (Å²) in [6.45, 7) is 3.96. The second kappa shape index (κ2) is 6.05. The highest BCUT2D eigenvalue weighted by atomic mass is 32.1. The van der Waals surface area contributed by atoms with E-state index in [1.807, 2.05) is 13.8 Å². The number of anilines is 1. The Kier molecular flexibility index (Phi) is 4.37. The van der Waals surface area contributed by atoms with Crippen LogP contribution in [0, 0.1) is 5.82 Å². The summed E-state index contributed by atoms with van der Waals surface area (Å²) in [5.74, 6) is -1.36. The second-order valence-electron chi connectivity index (χ2n) is 4.87. The Morgan fingerprint density at radius 1 is 1.29 bits per heavy atom. The maximum Gasteiger partial charge on any atom is 0.256 e. The monoisotopic (exact) mass is 306 g/mol. The third-order valence-electron chi connectivity index (χ3n) is 2.90. The molecule has 6 heteroatoms. The molecule has 0 aliphatic heterocycles. The van der Waals surface area contributed by atoms with Crippen LogP contribution in [0.3, 0.4) is 0 Å². The summed E-state index contributed by atoms with van der Waals surface area (Å²) in [6.07, 6.45) is 0. The molecule has 0 saturated heterocycles. The minimum atomic E-state index is -0.604. The number of primary amides is 1. The Morgan fingerprint density at radius 2 is 2.00 bits per heavy atom. The molecular formula is C15H15FN2O2S. The number of rotatable bonds is 4. The molecule has 0 aliphatic rings. The van der Waals surface area contributed by atoms with Crippen molar-refractivity contribution in [2.45, 2.75) is 19.8 Å². The average molecular weight is 306 g/mol. The molecule has 0 fully saturated rings. The number of benzene rings is 1. The van der Waals surface area contributed by atoms with Gasteiger partial charge in [-0.3, -0.25) is 9.59 Å². The first-order valence-corrected chi connectivity index (χ1v) is 7.20. The highest BCUT2D eigenvalue weighted by Crippen LogP contribution is 2.32. The van der Waals surface area contributed by atoms with E-state index < -0.39 is 17.6 Å². The Balaban J connectivity index is 2.30. The van der Waals surface area contributed by atoms with Gasteiger partial charge >= 0.3 is 0 Å². The predicted molar refractivity (Wildman–Crippen MR) is 81.3 cm³/mol. The zero-order valence-corrected chi connectivity index (χ0v) is 12.5. The van der Waals surface area contributed by atoms with Gasteiger partial charge in [-0.1, -0.05) is 19.9 Å². The quantitative estimate of drug-likeness (QED) is 0.909. The van der Waals surface area contributed by atoms with Crippen LogP contribution in [0.4, 0.5) is 9.39 Å². The topological polar surface area (TPSA) is 72.2 Å². The summed E-state index contributed by atoms with van der Waals surface area (Å²) in [5, 5.41) is 3.01. The molecule has 0 atom stereocenters. The number of hydrogen-bond acceptors (Lipinski definition) is 3. The van der Waals surface area contributed by atoms with Gasteiger partial charge in [-0.2, -0.15) is 0 Å². The molecule has 2 rings (SSSR count). The standard InChI is InChI=1S/C15H15FN2O2S/c1-8(2)12-7-11(13(17)19)15(21-12)18-14(20)9-4-3-5-10(16)6-9/h3-8H,1-2H3,(H2,17,19)(H,18,20). The minimum absolute atomic E-state index is 0.185. The second-order valence-corrected chi connectivity index (χ2v) is 5.96. The van der Waals surface area contributed by atoms with Gasteiger partial charge in [-0.25, -0.2) is 4.39 Å². The van der Waals surface area contributed by atoms with Crippen molar-refractivity contribution in [2.24, 2.45) is 5.73 Å². The van der Waals surface area contributed by atoms with Gasteiger partial charge in [0.2, 0.25) is 0 Å². The average Bonchev–Trinajstić information content (AvgIpc) is 2.83. The summed E-state index contributed by atoms with van der Waals surface area (Å²) in [7, 11) is 0. The van der Waals surface area contributed by atoms with Crippen LogP contribution in [-0.4, -0.2) is 11.8 Å². The zero-order chi connectivity index (χ0) is 15.6. The summed E-state index contributed by atoms with van der Waals surface area (Å²) in [6, 6.07) is 7.02. The fraction of sp³-hybridized carbons (Fsp3) is 0.200. The van der Waals surface area contributed by atoms with Gasteiger partial charge in [0.05, 0.1) is 5.56 Å². The summed E-state index contributed by atoms with van der Waals surface area (Å²) in [5.41, 5.74) is 5.78. The first-order chi connectivity index (χ1) is 9.88. The van der Waals surface area contributed by atoms with Crippen molar-refractivity contribution in [3.05, 3.63) is 52.2 Å². The molecule has 0 aliphatic carbocycles. The van der Waals surface area contributed by atoms with E-state index in [9.17, 15) is 14.0 Å². The Morgan fingerprint density at radius 3 is 2.57 bits per heavy atom. The van der Waals surface area contributed by atoms with Crippen LogP contribution in [0.1, 0.15) is 45.4 Å². The number of carbonyl (C=O) groups is 2. The largest absolute Gasteiger partial charge is 0.366 e. The van der Waals surface area contributed by atoms with Crippen LogP contribution in [0.5, 0.6) is 0 Å². The van der Waals surface area contributed by atoms with E-state index in [2.05, 4.69) is 5.32 Å². The molecule has 21 heavy (non-hydrogen) atoms. The number of carbonyl (C=O) groups excluding carboxylic acids is 2. The first-order valence-electron chi connectivity index (χ1n) is 6.39. The number of amides is 2. The van der Waals surface area contributed by atoms with E-state index in [0.29, 0.717) is 5.00 Å². The summed E-state index contributed by atoms with van der Waals surface area (Å²) in [4.78, 5) is 24.5. The van der Waals surface area contributed by atoms with Crippen molar-refractivity contribution >= 4 is 28.2 Å². The zero-order valence-electron chi connectivity index (χ0n) is 11.6. The molecule has 1 aromatic heterocycles. The maximum atomic E-state index is 13.1. The molecule has 0 saturated carbocycles. The van der Waals surface area contributed by atoms with Crippen LogP contribution in [-0.2, 0) is 0 Å². The number of thiophene rings is 1. The van der Waals surface area contributed by atoms with E-state index in [-0.39, 0.29) is 17.0 Å². The van der Waals surface area contributed by atoms with E-state index >= 15 is 0 Å². The molecule has 4 nitrogen and oxygen atoms in total. The Bertz CT molecular complexity index is 695. The van der Waals surface area contributed by atoms with E-state index in [1.54, 1.807) is 6.07 Å². The van der Waals surface area contributed by atoms with Gasteiger partial charge in [-0.05, 0) is 30.2 Å². The molecule has 2 aromatic rings. The molecule has 0 spiro atoms. The third kappa shape index (κ3) is 3.46. The molecule has 0 unspecified atom stereocenters. The summed E-state index contributed by atoms with van der Waals surface area (Å²) >= 11 is 1.30. The van der Waals surface area contributed by atoms with E-state index in [4.69, 9.17) is 5.73 Å². The van der Waals surface area contributed by atoms with Crippen LogP contribution < -0.4 is 11.1 Å². The van der Waals surface area contributed by atoms with Crippen LogP contribution in [0.2, 0.25) is 0 Å². The van der Waals surface area contributed by atoms with Crippen molar-refractivity contribution in [3.8, 4) is 0 Å². The van der Waals surface area contributed by atoms with Crippen molar-refractivity contribution in [1.82, 2.24) is 0 Å².